The van der Waals surface area contributed by atoms with Crippen LogP contribution in [-0.4, -0.2) is 22.6 Å². The van der Waals surface area contributed by atoms with Crippen LogP contribution in [0.5, 0.6) is 0 Å². The summed E-state index contributed by atoms with van der Waals surface area (Å²) in [6.07, 6.45) is 2.02. The topological polar surface area (TPSA) is 111 Å². The smallest absolute Gasteiger partial charge is 0.270 e. The molecule has 1 aromatic heterocycles. The third-order valence-corrected chi connectivity index (χ3v) is 4.75. The molecular formula is C18H17N5O2. The highest BCUT2D eigenvalue weighted by molar-refractivity contribution is 5.98. The van der Waals surface area contributed by atoms with Crippen molar-refractivity contribution < 1.29 is 4.79 Å². The SMILES string of the molecule is Cn1c(=O)c(C#N)c(NC2(C(=O)NCC#N)CCC2)c2ccccc21. The standard InChI is InChI=1S/C18H17N5O2/c1-23-14-6-3-2-5-12(14)15(13(11-20)16(23)24)22-18(7-4-8-18)17(25)21-10-9-19/h2-3,5-6,22H,4,7-8,10H2,1H3,(H,21,25). The minimum Gasteiger partial charge on any atom is -0.369 e. The lowest BCUT2D eigenvalue weighted by molar-refractivity contribution is -0.127. The Balaban J connectivity index is 2.14. The van der Waals surface area contributed by atoms with E-state index in [1.165, 1.54) is 4.57 Å². The van der Waals surface area contributed by atoms with E-state index in [0.29, 0.717) is 29.4 Å². The monoisotopic (exact) mass is 335 g/mol. The summed E-state index contributed by atoms with van der Waals surface area (Å²) >= 11 is 0. The third kappa shape index (κ3) is 2.60. The number of carbonyl (C=O) groups excluding carboxylic acids is 1. The average Bonchev–Trinajstić information content (AvgIpc) is 2.60. The molecule has 0 radical (unpaired) electrons. The quantitative estimate of drug-likeness (QED) is 0.820. The van der Waals surface area contributed by atoms with Gasteiger partial charge in [0.1, 0.15) is 23.7 Å². The van der Waals surface area contributed by atoms with E-state index in [4.69, 9.17) is 5.26 Å². The number of fused-ring (bicyclic) bond motifs is 1. The fourth-order valence-corrected chi connectivity index (χ4v) is 3.20. The number of para-hydroxylation sites is 1. The number of amides is 1. The number of aromatic nitrogens is 1. The fourth-order valence-electron chi connectivity index (χ4n) is 3.20. The summed E-state index contributed by atoms with van der Waals surface area (Å²) in [5.74, 6) is -0.283. The van der Waals surface area contributed by atoms with Crippen LogP contribution in [0.4, 0.5) is 5.69 Å². The number of hydrogen-bond donors (Lipinski definition) is 2. The number of pyridine rings is 1. The summed E-state index contributed by atoms with van der Waals surface area (Å²) in [7, 11) is 1.62. The normalized spacial score (nSPS) is 14.8. The Labute approximate surface area is 144 Å². The number of carbonyl (C=O) groups is 1. The van der Waals surface area contributed by atoms with Gasteiger partial charge in [0.05, 0.1) is 17.3 Å². The Morgan fingerprint density at radius 3 is 2.64 bits per heavy atom. The van der Waals surface area contributed by atoms with Crippen LogP contribution in [0.3, 0.4) is 0 Å². The summed E-state index contributed by atoms with van der Waals surface area (Å²) in [6, 6.07) is 11.1. The summed E-state index contributed by atoms with van der Waals surface area (Å²) in [5.41, 5.74) is -0.248. The molecule has 3 rings (SSSR count). The maximum absolute atomic E-state index is 12.5. The molecule has 0 unspecified atom stereocenters. The van der Waals surface area contributed by atoms with E-state index in [9.17, 15) is 14.9 Å². The number of nitrogens with zero attached hydrogens (tertiary/aromatic N) is 3. The second-order valence-electron chi connectivity index (χ2n) is 6.14. The number of rotatable bonds is 4. The fraction of sp³-hybridized carbons (Fsp3) is 0.333. The summed E-state index contributed by atoms with van der Waals surface area (Å²) < 4.78 is 1.43. The molecule has 1 saturated carbocycles. The number of aryl methyl sites for hydroxylation is 1. The number of hydrogen-bond acceptors (Lipinski definition) is 5. The molecule has 7 heteroatoms. The van der Waals surface area contributed by atoms with Gasteiger partial charge in [0, 0.05) is 12.4 Å². The molecule has 0 aliphatic heterocycles. The van der Waals surface area contributed by atoms with Crippen molar-refractivity contribution >= 4 is 22.5 Å². The van der Waals surface area contributed by atoms with Crippen molar-refractivity contribution in [3.63, 3.8) is 0 Å². The Morgan fingerprint density at radius 2 is 2.04 bits per heavy atom. The molecule has 0 saturated heterocycles. The molecule has 0 spiro atoms. The van der Waals surface area contributed by atoms with Gasteiger partial charge in [-0.15, -0.1) is 0 Å². The highest BCUT2D eigenvalue weighted by Crippen LogP contribution is 2.38. The zero-order valence-corrected chi connectivity index (χ0v) is 13.8. The van der Waals surface area contributed by atoms with Crippen molar-refractivity contribution in [2.24, 2.45) is 7.05 Å². The van der Waals surface area contributed by atoms with E-state index in [2.05, 4.69) is 10.6 Å². The van der Waals surface area contributed by atoms with Gasteiger partial charge in [-0.1, -0.05) is 18.2 Å². The van der Waals surface area contributed by atoms with Gasteiger partial charge in [0.2, 0.25) is 5.91 Å². The molecule has 0 bridgehead atoms. The largest absolute Gasteiger partial charge is 0.369 e. The van der Waals surface area contributed by atoms with Gasteiger partial charge in [-0.25, -0.2) is 0 Å². The Hall–Kier alpha value is -3.32. The van der Waals surface area contributed by atoms with E-state index < -0.39 is 11.1 Å². The molecule has 1 aromatic carbocycles. The molecule has 2 aromatic rings. The predicted octanol–water partition coefficient (Wildman–Crippen LogP) is 1.38. The van der Waals surface area contributed by atoms with E-state index in [1.807, 2.05) is 30.3 Å². The van der Waals surface area contributed by atoms with Crippen LogP contribution in [0, 0.1) is 22.7 Å². The molecular weight excluding hydrogens is 318 g/mol. The van der Waals surface area contributed by atoms with E-state index in [-0.39, 0.29) is 18.0 Å². The molecule has 1 heterocycles. The zero-order chi connectivity index (χ0) is 18.0. The van der Waals surface area contributed by atoms with Crippen LogP contribution in [0.15, 0.2) is 29.1 Å². The van der Waals surface area contributed by atoms with Crippen LogP contribution < -0.4 is 16.2 Å². The Morgan fingerprint density at radius 1 is 1.32 bits per heavy atom. The van der Waals surface area contributed by atoms with Gasteiger partial charge in [-0.3, -0.25) is 9.59 Å². The second kappa shape index (κ2) is 6.29. The first-order valence-corrected chi connectivity index (χ1v) is 7.99. The minimum atomic E-state index is -0.891. The maximum atomic E-state index is 12.5. The highest BCUT2D eigenvalue weighted by atomic mass is 16.2. The van der Waals surface area contributed by atoms with Crippen molar-refractivity contribution in [3.05, 3.63) is 40.2 Å². The Kier molecular flexibility index (Phi) is 4.16. The van der Waals surface area contributed by atoms with Crippen LogP contribution in [-0.2, 0) is 11.8 Å². The van der Waals surface area contributed by atoms with E-state index in [1.54, 1.807) is 13.1 Å². The first-order valence-electron chi connectivity index (χ1n) is 7.99. The zero-order valence-electron chi connectivity index (χ0n) is 13.8. The van der Waals surface area contributed by atoms with E-state index >= 15 is 0 Å². The maximum Gasteiger partial charge on any atom is 0.270 e. The average molecular weight is 335 g/mol. The van der Waals surface area contributed by atoms with Crippen LogP contribution >= 0.6 is 0 Å². The highest BCUT2D eigenvalue weighted by Gasteiger charge is 2.44. The van der Waals surface area contributed by atoms with Crippen molar-refractivity contribution in [1.29, 1.82) is 10.5 Å². The minimum absolute atomic E-state index is 0.0134. The molecule has 1 aliphatic rings. The van der Waals surface area contributed by atoms with Crippen LogP contribution in [0.2, 0.25) is 0 Å². The molecule has 1 aliphatic carbocycles. The van der Waals surface area contributed by atoms with Crippen LogP contribution in [0.25, 0.3) is 10.9 Å². The predicted molar refractivity (Wildman–Crippen MR) is 92.7 cm³/mol. The van der Waals surface area contributed by atoms with Crippen molar-refractivity contribution in [3.8, 4) is 12.1 Å². The first kappa shape index (κ1) is 16.5. The lowest BCUT2D eigenvalue weighted by atomic mass is 9.75. The summed E-state index contributed by atoms with van der Waals surface area (Å²) in [5, 5.41) is 24.6. The number of nitriles is 2. The number of nitrogens with one attached hydrogen (secondary N) is 2. The molecule has 126 valence electrons. The lowest BCUT2D eigenvalue weighted by Gasteiger charge is -2.41. The summed E-state index contributed by atoms with van der Waals surface area (Å²) in [4.78, 5) is 25.0. The number of benzene rings is 1. The lowest BCUT2D eigenvalue weighted by Crippen LogP contribution is -2.57. The second-order valence-corrected chi connectivity index (χ2v) is 6.14. The van der Waals surface area contributed by atoms with Gasteiger partial charge in [-0.05, 0) is 25.3 Å². The van der Waals surface area contributed by atoms with Gasteiger partial charge in [-0.2, -0.15) is 10.5 Å². The molecule has 2 N–H and O–H groups in total. The number of anilines is 1. The van der Waals surface area contributed by atoms with Crippen molar-refractivity contribution in [2.45, 2.75) is 24.8 Å². The molecule has 0 atom stereocenters. The third-order valence-electron chi connectivity index (χ3n) is 4.75. The molecule has 25 heavy (non-hydrogen) atoms. The van der Waals surface area contributed by atoms with Gasteiger partial charge in [0.25, 0.3) is 5.56 Å². The molecule has 1 amide bonds. The summed E-state index contributed by atoms with van der Waals surface area (Å²) in [6.45, 7) is -0.0787. The molecule has 1 fully saturated rings. The molecule has 7 nitrogen and oxygen atoms in total. The van der Waals surface area contributed by atoms with Crippen molar-refractivity contribution in [2.75, 3.05) is 11.9 Å². The van der Waals surface area contributed by atoms with Gasteiger partial charge < -0.3 is 15.2 Å². The van der Waals surface area contributed by atoms with Crippen LogP contribution in [0.1, 0.15) is 24.8 Å². The van der Waals surface area contributed by atoms with E-state index in [0.717, 1.165) is 6.42 Å². The van der Waals surface area contributed by atoms with Gasteiger partial charge >= 0.3 is 0 Å². The Bertz CT molecular complexity index is 989. The first-order chi connectivity index (χ1) is 12.0. The van der Waals surface area contributed by atoms with Crippen molar-refractivity contribution in [1.82, 2.24) is 9.88 Å². The van der Waals surface area contributed by atoms with Gasteiger partial charge in [0.15, 0.2) is 0 Å².